The molecule has 0 radical (unpaired) electrons. The number of fused-ring (bicyclic) bond motifs is 1. The summed E-state index contributed by atoms with van der Waals surface area (Å²) in [5.74, 6) is -1.86. The number of aryl methyl sites for hydroxylation is 1. The molecule has 0 aliphatic rings. The van der Waals surface area contributed by atoms with E-state index < -0.39 is 23.1 Å². The molecule has 0 saturated carbocycles. The second kappa shape index (κ2) is 8.83. The van der Waals surface area contributed by atoms with Gasteiger partial charge in [-0.25, -0.2) is 14.0 Å². The van der Waals surface area contributed by atoms with Gasteiger partial charge in [0.25, 0.3) is 11.5 Å². The van der Waals surface area contributed by atoms with E-state index in [1.807, 2.05) is 0 Å². The van der Waals surface area contributed by atoms with Crippen molar-refractivity contribution >= 4 is 28.0 Å². The fourth-order valence-corrected chi connectivity index (χ4v) is 4.32. The van der Waals surface area contributed by atoms with Gasteiger partial charge in [0.1, 0.15) is 15.5 Å². The SMILES string of the molecule is Cc1c(=O)n(Cc2ccc(C(=O)O)cc2)c(=O)n2cc(C(=O)NCc3ccc(F)cc3)sc12. The van der Waals surface area contributed by atoms with Crippen LogP contribution in [0.2, 0.25) is 0 Å². The Morgan fingerprint density at radius 2 is 1.67 bits per heavy atom. The molecule has 1 amide bonds. The topological polar surface area (TPSA) is 110 Å². The van der Waals surface area contributed by atoms with Crippen LogP contribution in [0.25, 0.3) is 4.83 Å². The highest BCUT2D eigenvalue weighted by Crippen LogP contribution is 2.18. The molecule has 10 heteroatoms. The van der Waals surface area contributed by atoms with E-state index in [2.05, 4.69) is 5.32 Å². The van der Waals surface area contributed by atoms with Crippen LogP contribution in [0, 0.1) is 12.7 Å². The Kier molecular flexibility index (Phi) is 5.93. The van der Waals surface area contributed by atoms with Gasteiger partial charge in [-0.05, 0) is 42.3 Å². The number of nitrogens with zero attached hydrogens (tertiary/aromatic N) is 2. The molecule has 2 aromatic carbocycles. The molecule has 0 fully saturated rings. The van der Waals surface area contributed by atoms with Gasteiger partial charge in [0.15, 0.2) is 0 Å². The maximum absolute atomic E-state index is 13.0. The van der Waals surface area contributed by atoms with Crippen LogP contribution in [0.3, 0.4) is 0 Å². The predicted molar refractivity (Wildman–Crippen MR) is 121 cm³/mol. The molecule has 0 aliphatic carbocycles. The number of amides is 1. The smallest absolute Gasteiger partial charge is 0.336 e. The third-order valence-electron chi connectivity index (χ3n) is 5.13. The standard InChI is InChI=1S/C23H18FN3O5S/c1-13-20(29)26(11-15-2-6-16(7-3-15)22(30)31)23(32)27-12-18(33-21(13)27)19(28)25-10-14-4-8-17(24)9-5-14/h2-9,12H,10-11H2,1H3,(H,25,28)(H,30,31). The number of halogens is 1. The monoisotopic (exact) mass is 467 g/mol. The Balaban J connectivity index is 1.62. The molecule has 4 rings (SSSR count). The van der Waals surface area contributed by atoms with Crippen molar-refractivity contribution in [2.45, 2.75) is 20.0 Å². The van der Waals surface area contributed by atoms with Gasteiger partial charge in [-0.1, -0.05) is 24.3 Å². The van der Waals surface area contributed by atoms with Crippen LogP contribution in [0.4, 0.5) is 4.39 Å². The molecule has 8 nitrogen and oxygen atoms in total. The number of carbonyl (C=O) groups excluding carboxylic acids is 1. The number of carboxylic acid groups (broad SMARTS) is 1. The zero-order valence-electron chi connectivity index (χ0n) is 17.4. The van der Waals surface area contributed by atoms with Crippen LogP contribution in [-0.4, -0.2) is 26.0 Å². The molecule has 0 aliphatic heterocycles. The van der Waals surface area contributed by atoms with Gasteiger partial charge < -0.3 is 10.4 Å². The fraction of sp³-hybridized carbons (Fsp3) is 0.130. The second-order valence-corrected chi connectivity index (χ2v) is 8.41. The summed E-state index contributed by atoms with van der Waals surface area (Å²) in [6.07, 6.45) is 1.39. The minimum absolute atomic E-state index is 0.0384. The van der Waals surface area contributed by atoms with E-state index in [-0.39, 0.29) is 29.3 Å². The van der Waals surface area contributed by atoms with Crippen LogP contribution < -0.4 is 16.6 Å². The second-order valence-electron chi connectivity index (χ2n) is 7.38. The number of aromatic nitrogens is 2. The summed E-state index contributed by atoms with van der Waals surface area (Å²) < 4.78 is 15.3. The molecule has 0 atom stereocenters. The molecule has 2 heterocycles. The lowest BCUT2D eigenvalue weighted by atomic mass is 10.1. The van der Waals surface area contributed by atoms with E-state index in [4.69, 9.17) is 5.11 Å². The maximum Gasteiger partial charge on any atom is 0.336 e. The summed E-state index contributed by atoms with van der Waals surface area (Å²) in [7, 11) is 0. The van der Waals surface area contributed by atoms with Gasteiger partial charge in [0, 0.05) is 18.3 Å². The molecule has 0 unspecified atom stereocenters. The molecule has 33 heavy (non-hydrogen) atoms. The van der Waals surface area contributed by atoms with Crippen molar-refractivity contribution in [2.24, 2.45) is 0 Å². The van der Waals surface area contributed by atoms with Gasteiger partial charge in [-0.3, -0.25) is 18.6 Å². The van der Waals surface area contributed by atoms with Crippen LogP contribution in [0.15, 0.2) is 64.3 Å². The Hall–Kier alpha value is -4.05. The number of thiazole rings is 1. The van der Waals surface area contributed by atoms with Crippen molar-refractivity contribution < 1.29 is 19.1 Å². The van der Waals surface area contributed by atoms with Crippen molar-refractivity contribution in [3.05, 3.63) is 109 Å². The molecule has 4 aromatic rings. The van der Waals surface area contributed by atoms with E-state index in [1.54, 1.807) is 31.2 Å². The molecule has 0 spiro atoms. The summed E-state index contributed by atoms with van der Waals surface area (Å²) in [5, 5.41) is 11.7. The first-order chi connectivity index (χ1) is 15.7. The highest BCUT2D eigenvalue weighted by atomic mass is 32.1. The number of benzene rings is 2. The first-order valence-corrected chi connectivity index (χ1v) is 10.7. The molecular formula is C23H18FN3O5S. The van der Waals surface area contributed by atoms with Gasteiger partial charge in [0.05, 0.1) is 12.1 Å². The number of hydrogen-bond acceptors (Lipinski definition) is 5. The van der Waals surface area contributed by atoms with Crippen LogP contribution in [0.1, 0.15) is 36.7 Å². The molecular weight excluding hydrogens is 449 g/mol. The Morgan fingerprint density at radius 1 is 1.03 bits per heavy atom. The van der Waals surface area contributed by atoms with Gasteiger partial charge in [0.2, 0.25) is 0 Å². The van der Waals surface area contributed by atoms with Crippen LogP contribution in [0.5, 0.6) is 0 Å². The zero-order chi connectivity index (χ0) is 23.7. The Morgan fingerprint density at radius 3 is 2.30 bits per heavy atom. The minimum Gasteiger partial charge on any atom is -0.478 e. The molecule has 0 bridgehead atoms. The van der Waals surface area contributed by atoms with Crippen molar-refractivity contribution in [2.75, 3.05) is 0 Å². The average Bonchev–Trinajstić information content (AvgIpc) is 3.26. The van der Waals surface area contributed by atoms with Gasteiger partial charge in [-0.2, -0.15) is 0 Å². The van der Waals surface area contributed by atoms with Crippen molar-refractivity contribution in [1.82, 2.24) is 14.3 Å². The summed E-state index contributed by atoms with van der Waals surface area (Å²) in [6, 6.07) is 11.6. The number of nitrogens with one attached hydrogen (secondary N) is 1. The number of carboxylic acids is 1. The van der Waals surface area contributed by atoms with E-state index in [0.29, 0.717) is 21.5 Å². The highest BCUT2D eigenvalue weighted by molar-refractivity contribution is 7.19. The number of hydrogen-bond donors (Lipinski definition) is 2. The summed E-state index contributed by atoms with van der Waals surface area (Å²) in [6.45, 7) is 1.72. The lowest BCUT2D eigenvalue weighted by Crippen LogP contribution is -2.38. The van der Waals surface area contributed by atoms with Gasteiger partial charge >= 0.3 is 11.7 Å². The van der Waals surface area contributed by atoms with E-state index in [9.17, 15) is 23.6 Å². The lowest BCUT2D eigenvalue weighted by Gasteiger charge is -2.08. The van der Waals surface area contributed by atoms with E-state index in [0.717, 1.165) is 15.9 Å². The number of rotatable bonds is 6. The number of carbonyl (C=O) groups is 2. The first-order valence-electron chi connectivity index (χ1n) is 9.85. The normalized spacial score (nSPS) is 11.0. The van der Waals surface area contributed by atoms with Crippen molar-refractivity contribution in [1.29, 1.82) is 0 Å². The lowest BCUT2D eigenvalue weighted by molar-refractivity contribution is 0.0696. The average molecular weight is 467 g/mol. The molecule has 0 saturated heterocycles. The number of aromatic carboxylic acids is 1. The van der Waals surface area contributed by atoms with E-state index >= 15 is 0 Å². The first kappa shape index (κ1) is 22.2. The van der Waals surface area contributed by atoms with E-state index in [1.165, 1.54) is 34.9 Å². The molecule has 2 aromatic heterocycles. The van der Waals surface area contributed by atoms with Crippen molar-refractivity contribution in [3.63, 3.8) is 0 Å². The zero-order valence-corrected chi connectivity index (χ0v) is 18.2. The Labute approximate surface area is 190 Å². The van der Waals surface area contributed by atoms with Crippen LogP contribution >= 0.6 is 11.3 Å². The maximum atomic E-state index is 13.0. The highest BCUT2D eigenvalue weighted by Gasteiger charge is 2.18. The predicted octanol–water partition coefficient (Wildman–Crippen LogP) is 2.65. The third kappa shape index (κ3) is 4.46. The molecule has 2 N–H and O–H groups in total. The molecule has 168 valence electrons. The quantitative estimate of drug-likeness (QED) is 0.453. The summed E-state index contributed by atoms with van der Waals surface area (Å²) >= 11 is 1.03. The van der Waals surface area contributed by atoms with Gasteiger partial charge in [-0.15, -0.1) is 11.3 Å². The van der Waals surface area contributed by atoms with Crippen LogP contribution in [-0.2, 0) is 13.1 Å². The third-order valence-corrected chi connectivity index (χ3v) is 6.33. The fourth-order valence-electron chi connectivity index (χ4n) is 3.32. The largest absolute Gasteiger partial charge is 0.478 e. The van der Waals surface area contributed by atoms with Crippen molar-refractivity contribution in [3.8, 4) is 0 Å². The summed E-state index contributed by atoms with van der Waals surface area (Å²) in [5.41, 5.74) is 0.640. The summed E-state index contributed by atoms with van der Waals surface area (Å²) in [4.78, 5) is 50.1. The Bertz CT molecular complexity index is 1480. The minimum atomic E-state index is -1.07.